The molecule has 7 nitrogen and oxygen atoms in total. The Morgan fingerprint density at radius 2 is 2.07 bits per heavy atom. The van der Waals surface area contributed by atoms with Crippen molar-refractivity contribution in [1.29, 1.82) is 0 Å². The summed E-state index contributed by atoms with van der Waals surface area (Å²) in [6.07, 6.45) is 8.86. The Kier molecular flexibility index (Phi) is 4.96. The van der Waals surface area contributed by atoms with Crippen LogP contribution in [0, 0.1) is 0 Å². The van der Waals surface area contributed by atoms with E-state index >= 15 is 0 Å². The molecule has 30 heavy (non-hydrogen) atoms. The minimum absolute atomic E-state index is 0.0672. The molecule has 0 unspecified atom stereocenters. The van der Waals surface area contributed by atoms with Gasteiger partial charge in [0, 0.05) is 36.8 Å². The minimum Gasteiger partial charge on any atom is -0.495 e. The fourth-order valence-electron chi connectivity index (χ4n) is 4.25. The molecule has 2 aliphatic rings. The third-order valence-corrected chi connectivity index (χ3v) is 7.09. The highest BCUT2D eigenvalue weighted by molar-refractivity contribution is 7.15. The van der Waals surface area contributed by atoms with Crippen LogP contribution in [0.15, 0.2) is 43.0 Å². The van der Waals surface area contributed by atoms with Crippen molar-refractivity contribution >= 4 is 17.2 Å². The van der Waals surface area contributed by atoms with E-state index in [1.807, 2.05) is 17.0 Å². The standard InChI is InChI=1S/C22H22N4O3S/c1-28-15-2-3-17(25-13-15)20-12-16-19(30-20)4-11-29-22(16)5-9-26(10-6-22)21(27)18-14-23-7-8-24-18/h2-3,7-8,12-14H,4-6,9-11H2,1H3. The van der Waals surface area contributed by atoms with E-state index in [4.69, 9.17) is 9.47 Å². The maximum Gasteiger partial charge on any atom is 0.274 e. The summed E-state index contributed by atoms with van der Waals surface area (Å²) in [5.41, 5.74) is 2.27. The Morgan fingerprint density at radius 1 is 1.20 bits per heavy atom. The van der Waals surface area contributed by atoms with Gasteiger partial charge in [0.05, 0.1) is 42.3 Å². The topological polar surface area (TPSA) is 77.4 Å². The molecule has 0 atom stereocenters. The van der Waals surface area contributed by atoms with Crippen LogP contribution in [-0.2, 0) is 16.8 Å². The van der Waals surface area contributed by atoms with Gasteiger partial charge in [-0.2, -0.15) is 0 Å². The summed E-state index contributed by atoms with van der Waals surface area (Å²) in [4.78, 5) is 29.8. The zero-order valence-corrected chi connectivity index (χ0v) is 17.5. The van der Waals surface area contributed by atoms with Gasteiger partial charge >= 0.3 is 0 Å². The normalized spacial score (nSPS) is 17.6. The molecule has 0 saturated carbocycles. The Morgan fingerprint density at radius 3 is 2.77 bits per heavy atom. The lowest BCUT2D eigenvalue weighted by Crippen LogP contribution is -2.48. The predicted octanol–water partition coefficient (Wildman–Crippen LogP) is 3.31. The number of carbonyl (C=O) groups is 1. The molecule has 0 aromatic carbocycles. The van der Waals surface area contributed by atoms with Crippen LogP contribution >= 0.6 is 11.3 Å². The molecule has 1 saturated heterocycles. The second-order valence-corrected chi connectivity index (χ2v) is 8.64. The van der Waals surface area contributed by atoms with Crippen molar-refractivity contribution in [3.63, 3.8) is 0 Å². The first kappa shape index (κ1) is 19.1. The monoisotopic (exact) mass is 422 g/mol. The van der Waals surface area contributed by atoms with E-state index in [-0.39, 0.29) is 11.5 Å². The lowest BCUT2D eigenvalue weighted by Gasteiger charge is -2.44. The predicted molar refractivity (Wildman–Crippen MR) is 113 cm³/mol. The summed E-state index contributed by atoms with van der Waals surface area (Å²) in [7, 11) is 1.64. The van der Waals surface area contributed by atoms with Crippen molar-refractivity contribution in [1.82, 2.24) is 19.9 Å². The zero-order valence-electron chi connectivity index (χ0n) is 16.7. The average Bonchev–Trinajstić information content (AvgIpc) is 3.26. The summed E-state index contributed by atoms with van der Waals surface area (Å²) >= 11 is 1.79. The highest BCUT2D eigenvalue weighted by Crippen LogP contribution is 2.46. The lowest BCUT2D eigenvalue weighted by molar-refractivity contribution is -0.0926. The van der Waals surface area contributed by atoms with Crippen molar-refractivity contribution in [2.75, 3.05) is 26.8 Å². The first-order valence-electron chi connectivity index (χ1n) is 10.0. The van der Waals surface area contributed by atoms with Gasteiger partial charge in [-0.25, -0.2) is 4.98 Å². The van der Waals surface area contributed by atoms with Crippen LogP contribution in [0.1, 0.15) is 33.8 Å². The molecule has 3 aromatic rings. The van der Waals surface area contributed by atoms with Crippen molar-refractivity contribution < 1.29 is 14.3 Å². The quantitative estimate of drug-likeness (QED) is 0.644. The van der Waals surface area contributed by atoms with Gasteiger partial charge < -0.3 is 14.4 Å². The molecule has 0 N–H and O–H groups in total. The number of likely N-dealkylation sites (tertiary alicyclic amines) is 1. The summed E-state index contributed by atoms with van der Waals surface area (Å²) < 4.78 is 11.6. The third kappa shape index (κ3) is 3.36. The molecule has 0 radical (unpaired) electrons. The summed E-state index contributed by atoms with van der Waals surface area (Å²) in [5.74, 6) is 0.683. The fourth-order valence-corrected chi connectivity index (χ4v) is 5.45. The largest absolute Gasteiger partial charge is 0.495 e. The van der Waals surface area contributed by atoms with Crippen LogP contribution in [0.25, 0.3) is 10.6 Å². The number of rotatable bonds is 3. The molecule has 1 amide bonds. The molecule has 3 aromatic heterocycles. The van der Waals surface area contributed by atoms with E-state index in [2.05, 4.69) is 21.0 Å². The Balaban J connectivity index is 1.37. The van der Waals surface area contributed by atoms with Crippen molar-refractivity contribution in [3.05, 3.63) is 59.1 Å². The third-order valence-electron chi connectivity index (χ3n) is 5.87. The van der Waals surface area contributed by atoms with Crippen LogP contribution in [-0.4, -0.2) is 52.6 Å². The molecule has 5 rings (SSSR count). The lowest BCUT2D eigenvalue weighted by atomic mass is 9.82. The first-order valence-corrected chi connectivity index (χ1v) is 10.8. The van der Waals surface area contributed by atoms with E-state index in [0.717, 1.165) is 35.6 Å². The average molecular weight is 423 g/mol. The van der Waals surface area contributed by atoms with E-state index < -0.39 is 0 Å². The highest BCUT2D eigenvalue weighted by Gasteiger charge is 2.43. The first-order chi connectivity index (χ1) is 14.7. The van der Waals surface area contributed by atoms with Crippen LogP contribution in [0.2, 0.25) is 0 Å². The number of fused-ring (bicyclic) bond motifs is 2. The van der Waals surface area contributed by atoms with E-state index in [1.165, 1.54) is 16.6 Å². The van der Waals surface area contributed by atoms with Crippen LogP contribution in [0.5, 0.6) is 5.75 Å². The van der Waals surface area contributed by atoms with Crippen molar-refractivity contribution in [2.24, 2.45) is 0 Å². The molecule has 154 valence electrons. The second kappa shape index (κ2) is 7.77. The number of hydrogen-bond acceptors (Lipinski definition) is 7. The number of pyridine rings is 1. The maximum atomic E-state index is 12.7. The Labute approximate surface area is 178 Å². The Hall–Kier alpha value is -2.84. The maximum absolute atomic E-state index is 12.7. The number of thiophene rings is 1. The second-order valence-electron chi connectivity index (χ2n) is 7.51. The SMILES string of the molecule is COc1ccc(-c2cc3c(s2)CCOC32CCN(C(=O)c3cnccn3)CC2)nc1. The number of aromatic nitrogens is 3. The number of piperidine rings is 1. The molecule has 0 bridgehead atoms. The summed E-state index contributed by atoms with van der Waals surface area (Å²) in [6.45, 7) is 1.99. The van der Waals surface area contributed by atoms with Gasteiger partial charge in [0.15, 0.2) is 0 Å². The molecule has 0 aliphatic carbocycles. The summed E-state index contributed by atoms with van der Waals surface area (Å²) in [5, 5.41) is 0. The van der Waals surface area contributed by atoms with Crippen LogP contribution in [0.3, 0.4) is 0 Å². The Bertz CT molecular complexity index is 1040. The van der Waals surface area contributed by atoms with Gasteiger partial charge in [0.25, 0.3) is 5.91 Å². The van der Waals surface area contributed by atoms with Gasteiger partial charge in [-0.05, 0) is 36.6 Å². The molecule has 8 heteroatoms. The summed E-state index contributed by atoms with van der Waals surface area (Å²) in [6, 6.07) is 6.16. The molecule has 1 spiro atoms. The highest BCUT2D eigenvalue weighted by atomic mass is 32.1. The van der Waals surface area contributed by atoms with Gasteiger partial charge in [-0.1, -0.05) is 0 Å². The molecule has 1 fully saturated rings. The fraction of sp³-hybridized carbons (Fsp3) is 0.364. The zero-order chi connectivity index (χ0) is 20.6. The van der Waals surface area contributed by atoms with Crippen molar-refractivity contribution in [2.45, 2.75) is 24.9 Å². The van der Waals surface area contributed by atoms with E-state index in [9.17, 15) is 4.79 Å². The molecular weight excluding hydrogens is 400 g/mol. The number of carbonyl (C=O) groups excluding carboxylic acids is 1. The van der Waals surface area contributed by atoms with Gasteiger partial charge in [0.1, 0.15) is 11.4 Å². The number of amides is 1. The van der Waals surface area contributed by atoms with Gasteiger partial charge in [-0.15, -0.1) is 11.3 Å². The van der Waals surface area contributed by atoms with E-state index in [0.29, 0.717) is 25.4 Å². The van der Waals surface area contributed by atoms with Crippen LogP contribution < -0.4 is 4.74 Å². The van der Waals surface area contributed by atoms with Crippen molar-refractivity contribution in [3.8, 4) is 16.3 Å². The number of methoxy groups -OCH3 is 1. The molecule has 5 heterocycles. The number of nitrogens with zero attached hydrogens (tertiary/aromatic N) is 4. The number of ether oxygens (including phenoxy) is 2. The molecule has 2 aliphatic heterocycles. The van der Waals surface area contributed by atoms with Crippen LogP contribution in [0.4, 0.5) is 0 Å². The van der Waals surface area contributed by atoms with Gasteiger partial charge in [0.2, 0.25) is 0 Å². The minimum atomic E-state index is -0.325. The number of hydrogen-bond donors (Lipinski definition) is 0. The smallest absolute Gasteiger partial charge is 0.274 e. The van der Waals surface area contributed by atoms with Gasteiger partial charge in [-0.3, -0.25) is 14.8 Å². The van der Waals surface area contributed by atoms with E-state index in [1.54, 1.807) is 37.0 Å². The molecular formula is C22H22N4O3S.